The third-order valence-corrected chi connectivity index (χ3v) is 12.6. The molecule has 8 heterocycles. The second-order valence-electron chi connectivity index (χ2n) is 17.5. The topological polar surface area (TPSA) is 215 Å². The van der Waals surface area contributed by atoms with Gasteiger partial charge in [0.05, 0.1) is 23.8 Å². The minimum Gasteiger partial charge on any atom is -0.463 e. The number of amides is 3. The number of primary amides is 1. The van der Waals surface area contributed by atoms with Gasteiger partial charge in [-0.05, 0) is 95.1 Å². The standard InChI is InChI=1S/C20H13N3O2.C11H9NO3.C10H10N2O.2C8H7N.C4H8O.CH4.B/c24-19-17(14-11-21-15-7-3-2-6-13(14)15)18(20(25)22-19)23-10-9-12-5-1-4-8-16(12)23;1-15-11(14)10(13)8-6-12-9-5-3-2-4-7(8)9;11-10(13)7-12-6-5-8-3-1-2-4-9(8)12;2*1-2-4-8-7(3-1)5-6-9-8;1-2-4-5-3-1;;/h1-11,21H,(H,22,24,25);2-6,12H,1H3;1-6H,7H2,(H2,11,13);2*1-6,9H;1-4H2;1H4;. The predicted molar refractivity (Wildman–Crippen MR) is 311 cm³/mol. The first-order valence-electron chi connectivity index (χ1n) is 24.5. The third kappa shape index (κ3) is 12.9. The summed E-state index contributed by atoms with van der Waals surface area (Å²) in [6.07, 6.45) is 13.4. The quantitative estimate of drug-likeness (QED) is 0.0311. The molecule has 2 aliphatic rings. The fourth-order valence-corrected chi connectivity index (χ4v) is 8.89. The smallest absolute Gasteiger partial charge is 0.379 e. The maximum Gasteiger partial charge on any atom is 0.379 e. The monoisotopic (exact) mass is 1040 g/mol. The highest BCUT2D eigenvalue weighted by Gasteiger charge is 2.34. The van der Waals surface area contributed by atoms with Gasteiger partial charge in [0, 0.05) is 103 Å². The van der Waals surface area contributed by atoms with Crippen LogP contribution < -0.4 is 11.1 Å². The van der Waals surface area contributed by atoms with Crippen molar-refractivity contribution in [2.75, 3.05) is 20.3 Å². The second kappa shape index (κ2) is 26.5. The summed E-state index contributed by atoms with van der Waals surface area (Å²) in [5.41, 5.74) is 13.0. The summed E-state index contributed by atoms with van der Waals surface area (Å²) in [6, 6.07) is 55.1. The fraction of sp³-hybridized carbons (Fsp3) is 0.113. The Bertz CT molecular complexity index is 3790. The molecule has 3 radical (unpaired) electrons. The molecule has 0 spiro atoms. The molecular formula is C62H58BN8O7. The van der Waals surface area contributed by atoms with Gasteiger partial charge in [0.2, 0.25) is 5.91 Å². The zero-order chi connectivity index (χ0) is 52.8. The summed E-state index contributed by atoms with van der Waals surface area (Å²) >= 11 is 0. The Morgan fingerprint density at radius 1 is 0.564 bits per heavy atom. The van der Waals surface area contributed by atoms with Gasteiger partial charge in [-0.15, -0.1) is 0 Å². The van der Waals surface area contributed by atoms with Crippen LogP contribution in [0.5, 0.6) is 0 Å². The molecule has 2 aliphatic heterocycles. The van der Waals surface area contributed by atoms with Crippen LogP contribution in [-0.2, 0) is 35.2 Å². The highest BCUT2D eigenvalue weighted by molar-refractivity contribution is 6.48. The van der Waals surface area contributed by atoms with Gasteiger partial charge in [0.25, 0.3) is 17.6 Å². The van der Waals surface area contributed by atoms with E-state index in [1.807, 2.05) is 157 Å². The molecule has 14 rings (SSSR count). The van der Waals surface area contributed by atoms with Crippen molar-refractivity contribution in [1.82, 2.24) is 34.4 Å². The molecule has 16 heteroatoms. The number of rotatable bonds is 6. The lowest BCUT2D eigenvalue weighted by atomic mass is 10.0. The molecule has 7 N–H and O–H groups in total. The van der Waals surface area contributed by atoms with Crippen LogP contribution in [0.25, 0.3) is 76.7 Å². The SMILES string of the molecule is C.C1CCOC1.COC(=O)C(=O)c1c[nH]c2ccccc12.NC(=O)Cn1ccc2ccccc21.O=C1NC(=O)C(n2ccc3ccccc32)=C1c1c[nH]c2ccccc12.[B].c1ccc2[nH]ccc2c1.c1ccc2[nH]ccc2c1. The number of hydrogen-bond donors (Lipinski definition) is 6. The molecule has 0 atom stereocenters. The molecule has 6 aromatic carbocycles. The minimum absolute atomic E-state index is 0. The number of aromatic amines is 4. The van der Waals surface area contributed by atoms with Gasteiger partial charge in [-0.3, -0.25) is 24.5 Å². The van der Waals surface area contributed by atoms with Gasteiger partial charge in [-0.2, -0.15) is 0 Å². The number of methoxy groups -OCH3 is 1. The Morgan fingerprint density at radius 2 is 1.06 bits per heavy atom. The van der Waals surface area contributed by atoms with Crippen molar-refractivity contribution in [3.8, 4) is 0 Å². The lowest BCUT2D eigenvalue weighted by Crippen LogP contribution is -2.23. The Hall–Kier alpha value is -9.93. The minimum atomic E-state index is -0.847. The van der Waals surface area contributed by atoms with Crippen LogP contribution in [0.15, 0.2) is 207 Å². The van der Waals surface area contributed by atoms with Gasteiger partial charge in [-0.25, -0.2) is 4.79 Å². The van der Waals surface area contributed by atoms with Gasteiger partial charge in [0.1, 0.15) is 12.2 Å². The molecule has 1 fully saturated rings. The number of carbonyl (C=O) groups is 5. The van der Waals surface area contributed by atoms with Crippen LogP contribution in [0.4, 0.5) is 0 Å². The number of esters is 1. The molecule has 6 aromatic heterocycles. The molecule has 3 amide bonds. The van der Waals surface area contributed by atoms with E-state index < -0.39 is 11.8 Å². The van der Waals surface area contributed by atoms with Gasteiger partial charge in [0.15, 0.2) is 0 Å². The summed E-state index contributed by atoms with van der Waals surface area (Å²) in [6.45, 7) is 2.24. The number of ether oxygens (including phenoxy) is 2. The van der Waals surface area contributed by atoms with E-state index >= 15 is 0 Å². The van der Waals surface area contributed by atoms with Gasteiger partial charge < -0.3 is 44.3 Å². The van der Waals surface area contributed by atoms with Crippen LogP contribution in [0, 0.1) is 0 Å². The number of H-pyrrole nitrogens is 4. The number of Topliss-reactive ketones (excluding diaryl/α,β-unsaturated/α-hetero) is 1. The Labute approximate surface area is 451 Å². The zero-order valence-corrected chi connectivity index (χ0v) is 42.1. The second-order valence-corrected chi connectivity index (χ2v) is 17.5. The summed E-state index contributed by atoms with van der Waals surface area (Å²) in [5.74, 6) is -2.55. The van der Waals surface area contributed by atoms with Crippen molar-refractivity contribution in [2.45, 2.75) is 26.8 Å². The number of hydrogen-bond acceptors (Lipinski definition) is 7. The Kier molecular flexibility index (Phi) is 19.0. The highest BCUT2D eigenvalue weighted by atomic mass is 16.5. The van der Waals surface area contributed by atoms with Crippen LogP contribution in [0.2, 0.25) is 0 Å². The van der Waals surface area contributed by atoms with Crippen molar-refractivity contribution in [3.05, 3.63) is 218 Å². The molecule has 15 nitrogen and oxygen atoms in total. The van der Waals surface area contributed by atoms with Crippen LogP contribution in [0.1, 0.15) is 36.2 Å². The molecule has 0 aliphatic carbocycles. The molecule has 0 saturated carbocycles. The van der Waals surface area contributed by atoms with Crippen molar-refractivity contribution in [3.63, 3.8) is 0 Å². The van der Waals surface area contributed by atoms with Crippen LogP contribution in [0.3, 0.4) is 0 Å². The van der Waals surface area contributed by atoms with Gasteiger partial charge in [-0.1, -0.05) is 117 Å². The van der Waals surface area contributed by atoms with E-state index in [4.69, 9.17) is 10.5 Å². The van der Waals surface area contributed by atoms with E-state index in [0.717, 1.165) is 62.4 Å². The van der Waals surface area contributed by atoms with E-state index in [9.17, 15) is 24.0 Å². The molecule has 1 saturated heterocycles. The molecule has 12 aromatic rings. The van der Waals surface area contributed by atoms with Gasteiger partial charge >= 0.3 is 5.97 Å². The van der Waals surface area contributed by atoms with E-state index in [0.29, 0.717) is 16.8 Å². The first-order chi connectivity index (χ1) is 37.2. The van der Waals surface area contributed by atoms with E-state index in [1.165, 1.54) is 48.0 Å². The Morgan fingerprint density at radius 3 is 1.64 bits per heavy atom. The van der Waals surface area contributed by atoms with E-state index in [1.54, 1.807) is 16.8 Å². The normalized spacial score (nSPS) is 12.3. The number of ketones is 1. The molecule has 391 valence electrons. The summed E-state index contributed by atoms with van der Waals surface area (Å²) in [5, 5.41) is 8.77. The van der Waals surface area contributed by atoms with Crippen molar-refractivity contribution < 1.29 is 33.4 Å². The lowest BCUT2D eigenvalue weighted by molar-refractivity contribution is -0.135. The average molecular weight is 1040 g/mol. The largest absolute Gasteiger partial charge is 0.463 e. The summed E-state index contributed by atoms with van der Waals surface area (Å²) < 4.78 is 13.0. The molecule has 78 heavy (non-hydrogen) atoms. The van der Waals surface area contributed by atoms with Crippen molar-refractivity contribution >= 4 is 115 Å². The predicted octanol–water partition coefficient (Wildman–Crippen LogP) is 11.2. The van der Waals surface area contributed by atoms with E-state index in [2.05, 4.69) is 66.4 Å². The maximum absolute atomic E-state index is 12.6. The fourth-order valence-electron chi connectivity index (χ4n) is 8.89. The van der Waals surface area contributed by atoms with Crippen molar-refractivity contribution in [2.24, 2.45) is 5.73 Å². The highest BCUT2D eigenvalue weighted by Crippen LogP contribution is 2.34. The number of nitrogens with zero attached hydrogens (tertiary/aromatic N) is 2. The summed E-state index contributed by atoms with van der Waals surface area (Å²) in [4.78, 5) is 70.8. The number of fused-ring (bicyclic) bond motifs is 6. The number of nitrogens with one attached hydrogen (secondary N) is 5. The zero-order valence-electron chi connectivity index (χ0n) is 42.1. The number of benzene rings is 6. The Balaban J connectivity index is 0.000000144. The number of aromatic nitrogens is 6. The number of para-hydroxylation sites is 6. The molecule has 0 unspecified atom stereocenters. The van der Waals surface area contributed by atoms with Crippen LogP contribution in [-0.4, -0.2) is 87.3 Å². The maximum atomic E-state index is 12.6. The first kappa shape index (κ1) is 55.8. The average Bonchev–Trinajstić information content (AvgIpc) is 4.39. The molecular weight excluding hydrogens is 980 g/mol. The lowest BCUT2D eigenvalue weighted by Gasteiger charge is -2.07. The van der Waals surface area contributed by atoms with E-state index in [-0.39, 0.29) is 40.1 Å². The number of imide groups is 1. The number of carbonyl (C=O) groups excluding carboxylic acids is 5. The van der Waals surface area contributed by atoms with Crippen LogP contribution >= 0.6 is 0 Å². The third-order valence-electron chi connectivity index (χ3n) is 12.6. The molecule has 0 bridgehead atoms. The number of nitrogens with two attached hydrogens (primary N) is 1. The van der Waals surface area contributed by atoms with Crippen molar-refractivity contribution in [1.29, 1.82) is 0 Å². The first-order valence-corrected chi connectivity index (χ1v) is 24.5. The summed E-state index contributed by atoms with van der Waals surface area (Å²) in [7, 11) is 1.19.